The van der Waals surface area contributed by atoms with E-state index < -0.39 is 5.95 Å². The second-order valence-electron chi connectivity index (χ2n) is 8.03. The van der Waals surface area contributed by atoms with Crippen molar-refractivity contribution in [2.45, 2.75) is 44.7 Å². The largest absolute Gasteiger partial charge is 0.353 e. The summed E-state index contributed by atoms with van der Waals surface area (Å²) in [6, 6.07) is 12.9. The zero-order chi connectivity index (χ0) is 20.0. The average molecular weight is 388 g/mol. The molecule has 3 aromatic rings. The van der Waals surface area contributed by atoms with Crippen molar-refractivity contribution >= 4 is 16.8 Å². The predicted molar refractivity (Wildman–Crippen MR) is 107 cm³/mol. The molecule has 1 atom stereocenters. The number of amides is 1. The fourth-order valence-corrected chi connectivity index (χ4v) is 4.39. The summed E-state index contributed by atoms with van der Waals surface area (Å²) in [5.41, 5.74) is 4.68. The van der Waals surface area contributed by atoms with Crippen LogP contribution in [0.1, 0.15) is 41.8 Å². The number of fused-ring (bicyclic) bond motifs is 3. The van der Waals surface area contributed by atoms with E-state index in [0.717, 1.165) is 43.0 Å². The molecular formula is C23H21FN4O. The fourth-order valence-electron chi connectivity index (χ4n) is 4.39. The molecule has 1 amide bonds. The summed E-state index contributed by atoms with van der Waals surface area (Å²) >= 11 is 0. The van der Waals surface area contributed by atoms with Gasteiger partial charge >= 0.3 is 0 Å². The van der Waals surface area contributed by atoms with Gasteiger partial charge in [0, 0.05) is 28.6 Å². The molecule has 146 valence electrons. The van der Waals surface area contributed by atoms with Crippen molar-refractivity contribution in [1.82, 2.24) is 14.9 Å². The Hall–Kier alpha value is -3.20. The van der Waals surface area contributed by atoms with Crippen LogP contribution in [0, 0.1) is 23.2 Å². The SMILES string of the molecule is N#Cc1ccc2c(c1)c1c(n2Cc2cccc(F)n2)CCC(NC(=O)C2CC2)C1. The van der Waals surface area contributed by atoms with E-state index in [4.69, 9.17) is 0 Å². The van der Waals surface area contributed by atoms with Crippen LogP contribution >= 0.6 is 0 Å². The Morgan fingerprint density at radius 2 is 2.14 bits per heavy atom. The first-order valence-electron chi connectivity index (χ1n) is 10.1. The van der Waals surface area contributed by atoms with Crippen LogP contribution < -0.4 is 5.32 Å². The molecule has 1 N–H and O–H groups in total. The minimum absolute atomic E-state index is 0.118. The fraction of sp³-hybridized carbons (Fsp3) is 0.348. The number of pyridine rings is 1. The first-order chi connectivity index (χ1) is 14.1. The van der Waals surface area contributed by atoms with Gasteiger partial charge in [-0.05, 0) is 68.0 Å². The third-order valence-electron chi connectivity index (χ3n) is 5.98. The molecule has 1 aromatic carbocycles. The Bertz CT molecular complexity index is 1160. The molecule has 6 heteroatoms. The van der Waals surface area contributed by atoms with Crippen molar-refractivity contribution in [1.29, 1.82) is 5.26 Å². The van der Waals surface area contributed by atoms with Gasteiger partial charge in [-0.3, -0.25) is 4.79 Å². The zero-order valence-corrected chi connectivity index (χ0v) is 16.0. The van der Waals surface area contributed by atoms with E-state index in [2.05, 4.69) is 20.9 Å². The molecule has 2 aliphatic rings. The van der Waals surface area contributed by atoms with E-state index in [1.807, 2.05) is 24.3 Å². The van der Waals surface area contributed by atoms with E-state index >= 15 is 0 Å². The van der Waals surface area contributed by atoms with Gasteiger partial charge in [-0.15, -0.1) is 0 Å². The standard InChI is InChI=1S/C23H21FN4O/c24-22-3-1-2-17(26-22)13-28-20-8-4-14(12-25)10-18(20)19-11-16(7-9-21(19)28)27-23(29)15-5-6-15/h1-4,8,10,15-16H,5-7,9,11,13H2,(H,27,29). The Balaban J connectivity index is 1.54. The summed E-state index contributed by atoms with van der Waals surface area (Å²) in [6.45, 7) is 0.481. The number of nitrogens with zero attached hydrogens (tertiary/aromatic N) is 3. The third kappa shape index (κ3) is 3.38. The Morgan fingerprint density at radius 3 is 2.90 bits per heavy atom. The van der Waals surface area contributed by atoms with Crippen molar-refractivity contribution in [2.75, 3.05) is 0 Å². The minimum Gasteiger partial charge on any atom is -0.353 e. The molecule has 2 aliphatic carbocycles. The van der Waals surface area contributed by atoms with Gasteiger partial charge in [0.2, 0.25) is 11.9 Å². The highest BCUT2D eigenvalue weighted by molar-refractivity contribution is 5.87. The minimum atomic E-state index is -0.484. The van der Waals surface area contributed by atoms with Gasteiger partial charge in [0.25, 0.3) is 0 Å². The van der Waals surface area contributed by atoms with Crippen LogP contribution in [0.3, 0.4) is 0 Å². The quantitative estimate of drug-likeness (QED) is 0.696. The molecule has 1 fully saturated rings. The summed E-state index contributed by atoms with van der Waals surface area (Å²) < 4.78 is 15.8. The number of benzene rings is 1. The molecule has 1 unspecified atom stereocenters. The van der Waals surface area contributed by atoms with Crippen molar-refractivity contribution in [3.8, 4) is 6.07 Å². The molecule has 2 heterocycles. The monoisotopic (exact) mass is 388 g/mol. The lowest BCUT2D eigenvalue weighted by Crippen LogP contribution is -2.39. The number of hydrogen-bond acceptors (Lipinski definition) is 3. The van der Waals surface area contributed by atoms with Crippen LogP contribution in [-0.2, 0) is 24.2 Å². The number of carbonyl (C=O) groups is 1. The van der Waals surface area contributed by atoms with E-state index in [-0.39, 0.29) is 17.9 Å². The van der Waals surface area contributed by atoms with Gasteiger partial charge in [-0.1, -0.05) is 6.07 Å². The average Bonchev–Trinajstić information content (AvgIpc) is 3.53. The molecule has 0 spiro atoms. The van der Waals surface area contributed by atoms with Crippen LogP contribution in [-0.4, -0.2) is 21.5 Å². The second-order valence-corrected chi connectivity index (χ2v) is 8.03. The summed E-state index contributed by atoms with van der Waals surface area (Å²) in [5.74, 6) is -0.117. The van der Waals surface area contributed by atoms with E-state index in [1.54, 1.807) is 6.07 Å². The highest BCUT2D eigenvalue weighted by atomic mass is 19.1. The maximum absolute atomic E-state index is 13.6. The number of rotatable bonds is 4. The van der Waals surface area contributed by atoms with Gasteiger partial charge in [0.05, 0.1) is 23.9 Å². The molecule has 0 aliphatic heterocycles. The first-order valence-corrected chi connectivity index (χ1v) is 10.1. The Kier molecular flexibility index (Phi) is 4.31. The Morgan fingerprint density at radius 1 is 1.28 bits per heavy atom. The zero-order valence-electron chi connectivity index (χ0n) is 16.0. The van der Waals surface area contributed by atoms with Crippen molar-refractivity contribution in [3.05, 3.63) is 64.9 Å². The van der Waals surface area contributed by atoms with Gasteiger partial charge in [0.1, 0.15) is 0 Å². The van der Waals surface area contributed by atoms with Crippen LogP contribution in [0.15, 0.2) is 36.4 Å². The van der Waals surface area contributed by atoms with Crippen LogP contribution in [0.5, 0.6) is 0 Å². The van der Waals surface area contributed by atoms with Crippen molar-refractivity contribution in [2.24, 2.45) is 5.92 Å². The van der Waals surface area contributed by atoms with Gasteiger partial charge in [0.15, 0.2) is 0 Å². The molecule has 1 saturated carbocycles. The lowest BCUT2D eigenvalue weighted by atomic mass is 9.91. The molecule has 2 aromatic heterocycles. The summed E-state index contributed by atoms with van der Waals surface area (Å²) in [5, 5.41) is 13.6. The topological polar surface area (TPSA) is 70.7 Å². The normalized spacial score (nSPS) is 18.3. The van der Waals surface area contributed by atoms with E-state index in [0.29, 0.717) is 17.8 Å². The third-order valence-corrected chi connectivity index (χ3v) is 5.98. The lowest BCUT2D eigenvalue weighted by Gasteiger charge is -2.25. The van der Waals surface area contributed by atoms with Crippen molar-refractivity contribution in [3.63, 3.8) is 0 Å². The highest BCUT2D eigenvalue weighted by Crippen LogP contribution is 2.34. The van der Waals surface area contributed by atoms with Crippen LogP contribution in [0.4, 0.5) is 4.39 Å². The summed E-state index contributed by atoms with van der Waals surface area (Å²) in [7, 11) is 0. The number of halogens is 1. The first kappa shape index (κ1) is 17.9. The number of hydrogen-bond donors (Lipinski definition) is 1. The van der Waals surface area contributed by atoms with Gasteiger partial charge in [-0.25, -0.2) is 4.98 Å². The molecule has 0 bridgehead atoms. The van der Waals surface area contributed by atoms with Crippen LogP contribution in [0.2, 0.25) is 0 Å². The van der Waals surface area contributed by atoms with Gasteiger partial charge in [-0.2, -0.15) is 9.65 Å². The lowest BCUT2D eigenvalue weighted by molar-refractivity contribution is -0.123. The smallest absolute Gasteiger partial charge is 0.223 e. The van der Waals surface area contributed by atoms with E-state index in [1.165, 1.54) is 17.3 Å². The maximum Gasteiger partial charge on any atom is 0.223 e. The van der Waals surface area contributed by atoms with E-state index in [9.17, 15) is 14.4 Å². The van der Waals surface area contributed by atoms with Crippen LogP contribution in [0.25, 0.3) is 10.9 Å². The van der Waals surface area contributed by atoms with Gasteiger partial charge < -0.3 is 9.88 Å². The Labute approximate surface area is 168 Å². The molecule has 5 rings (SSSR count). The highest BCUT2D eigenvalue weighted by Gasteiger charge is 2.33. The molecule has 0 radical (unpaired) electrons. The summed E-state index contributed by atoms with van der Waals surface area (Å²) in [6.07, 6.45) is 4.45. The number of aromatic nitrogens is 2. The maximum atomic E-state index is 13.6. The number of nitriles is 1. The molecule has 0 saturated heterocycles. The molecule has 29 heavy (non-hydrogen) atoms. The second kappa shape index (κ2) is 7.00. The predicted octanol–water partition coefficient (Wildman–Crippen LogP) is 3.48. The molecular weight excluding hydrogens is 367 g/mol. The molecule has 5 nitrogen and oxygen atoms in total. The summed E-state index contributed by atoms with van der Waals surface area (Å²) in [4.78, 5) is 16.2. The van der Waals surface area contributed by atoms with Crippen molar-refractivity contribution < 1.29 is 9.18 Å². The number of nitrogens with one attached hydrogen (secondary N) is 1. The number of carbonyl (C=O) groups excluding carboxylic acids is 1.